The fourth-order valence-corrected chi connectivity index (χ4v) is 2.98. The van der Waals surface area contributed by atoms with Crippen molar-refractivity contribution in [2.75, 3.05) is 0 Å². The largest absolute Gasteiger partial charge is 0.476 e. The molecule has 0 spiro atoms. The van der Waals surface area contributed by atoms with Gasteiger partial charge in [0, 0.05) is 5.75 Å². The lowest BCUT2D eigenvalue weighted by atomic mass is 10.2. The molecule has 0 bridgehead atoms. The maximum Gasteiger partial charge on any atom is 0.359 e. The molecule has 0 unspecified atom stereocenters. The first-order chi connectivity index (χ1) is 9.86. The molecule has 1 aromatic heterocycles. The molecule has 0 aliphatic carbocycles. The summed E-state index contributed by atoms with van der Waals surface area (Å²) in [4.78, 5) is 8.81. The average molecular weight is 361 g/mol. The van der Waals surface area contributed by atoms with Crippen LogP contribution >= 0.6 is 22.0 Å². The Balaban J connectivity index is 2.13. The Morgan fingerprint density at radius 1 is 1.18 bits per heavy atom. The average Bonchev–Trinajstić information content (AvgIpc) is 2.82. The number of halogens is 5. The zero-order valence-electron chi connectivity index (χ0n) is 10.5. The predicted octanol–water partition coefficient (Wildman–Crippen LogP) is 4.45. The summed E-state index contributed by atoms with van der Waals surface area (Å²) in [6.45, 7) is 0. The number of carboxylic acid groups (broad SMARTS) is 1. The van der Waals surface area contributed by atoms with Crippen molar-refractivity contribution in [1.29, 1.82) is 0 Å². The van der Waals surface area contributed by atoms with Crippen LogP contribution in [0.15, 0.2) is 34.2 Å². The second-order valence-corrected chi connectivity index (χ2v) is 7.59. The first-order valence-electron chi connectivity index (χ1n) is 5.47. The second-order valence-electron chi connectivity index (χ2n) is 4.20. The van der Waals surface area contributed by atoms with Crippen LogP contribution in [0.2, 0.25) is 0 Å². The summed E-state index contributed by atoms with van der Waals surface area (Å²) in [6, 6.07) is 2.43. The lowest BCUT2D eigenvalue weighted by Gasteiger charge is -2.40. The first-order valence-corrected chi connectivity index (χ1v) is 8.41. The summed E-state index contributed by atoms with van der Waals surface area (Å²) in [5.41, 5.74) is -0.0184. The Morgan fingerprint density at radius 2 is 1.77 bits per heavy atom. The van der Waals surface area contributed by atoms with Gasteiger partial charge in [0.25, 0.3) is 0 Å². The van der Waals surface area contributed by atoms with Crippen LogP contribution in [-0.2, 0) is 5.75 Å². The molecule has 2 rings (SSSR count). The molecule has 0 amide bonds. The van der Waals surface area contributed by atoms with E-state index in [1.165, 1.54) is 0 Å². The van der Waals surface area contributed by atoms with E-state index in [0.717, 1.165) is 23.9 Å². The van der Waals surface area contributed by atoms with Crippen molar-refractivity contribution in [1.82, 2.24) is 15.4 Å². The Morgan fingerprint density at radius 3 is 2.27 bits per heavy atom. The van der Waals surface area contributed by atoms with E-state index in [1.807, 2.05) is 0 Å². The maximum atomic E-state index is 12.5. The van der Waals surface area contributed by atoms with Gasteiger partial charge in [-0.3, -0.25) is 5.10 Å². The van der Waals surface area contributed by atoms with Gasteiger partial charge in [0.15, 0.2) is 0 Å². The Labute approximate surface area is 124 Å². The van der Waals surface area contributed by atoms with Crippen LogP contribution in [0.25, 0.3) is 0 Å². The molecule has 2 aromatic rings. The highest BCUT2D eigenvalue weighted by molar-refractivity contribution is 8.45. The van der Waals surface area contributed by atoms with Gasteiger partial charge >= 0.3 is 16.2 Å². The van der Waals surface area contributed by atoms with E-state index in [2.05, 4.69) is 15.4 Å². The van der Waals surface area contributed by atoms with Crippen LogP contribution < -0.4 is 0 Å². The number of aromatic amines is 1. The molecular weight excluding hydrogens is 353 g/mol. The topological polar surface area (TPSA) is 78.9 Å². The minimum absolute atomic E-state index is 0.0603. The number of hydrogen-bond acceptors (Lipinski definition) is 4. The monoisotopic (exact) mass is 361 g/mol. The standard InChI is InChI=1S/C10H8F5N3O2S2/c11-22(12,13,14,15)7-3-1-6(2-4-7)5-21-9-8(10(19)20)16-18-17-9/h1-4H,5H2,(H,19,20)(H,16,17,18). The van der Waals surface area contributed by atoms with Crippen molar-refractivity contribution < 1.29 is 29.3 Å². The van der Waals surface area contributed by atoms with Crippen LogP contribution in [0.5, 0.6) is 0 Å². The molecule has 0 fully saturated rings. The SMILES string of the molecule is O=C(O)c1nn[nH]c1SCc1ccc(S(F)(F)(F)(F)F)cc1. The number of carbonyl (C=O) groups is 1. The Kier molecular flexibility index (Phi) is 3.45. The van der Waals surface area contributed by atoms with E-state index in [9.17, 15) is 24.2 Å². The van der Waals surface area contributed by atoms with Crippen LogP contribution in [0.4, 0.5) is 19.4 Å². The van der Waals surface area contributed by atoms with E-state index in [1.54, 1.807) is 0 Å². The van der Waals surface area contributed by atoms with Gasteiger partial charge in [0.05, 0.1) is 0 Å². The maximum absolute atomic E-state index is 12.5. The van der Waals surface area contributed by atoms with Gasteiger partial charge in [-0.1, -0.05) is 48.5 Å². The molecule has 22 heavy (non-hydrogen) atoms. The summed E-state index contributed by atoms with van der Waals surface area (Å²) < 4.78 is 62.7. The second kappa shape index (κ2) is 4.59. The van der Waals surface area contributed by atoms with E-state index in [4.69, 9.17) is 5.11 Å². The molecule has 12 heteroatoms. The van der Waals surface area contributed by atoms with Crippen molar-refractivity contribution in [2.24, 2.45) is 0 Å². The van der Waals surface area contributed by atoms with Gasteiger partial charge in [-0.05, 0) is 17.7 Å². The lowest BCUT2D eigenvalue weighted by Crippen LogP contribution is -2.05. The number of nitrogens with one attached hydrogen (secondary N) is 1. The molecule has 0 aliphatic heterocycles. The van der Waals surface area contributed by atoms with Crippen molar-refractivity contribution in [3.05, 3.63) is 35.5 Å². The van der Waals surface area contributed by atoms with Crippen molar-refractivity contribution in [2.45, 2.75) is 15.7 Å². The van der Waals surface area contributed by atoms with Gasteiger partial charge in [-0.15, -0.1) is 5.10 Å². The minimum Gasteiger partial charge on any atom is -0.476 e. The molecule has 122 valence electrons. The highest BCUT2D eigenvalue weighted by atomic mass is 32.5. The van der Waals surface area contributed by atoms with E-state index in [-0.39, 0.29) is 16.5 Å². The van der Waals surface area contributed by atoms with Crippen LogP contribution in [-0.4, -0.2) is 26.5 Å². The van der Waals surface area contributed by atoms with E-state index in [0.29, 0.717) is 17.7 Å². The molecule has 1 aromatic carbocycles. The number of carboxylic acids is 1. The van der Waals surface area contributed by atoms with E-state index >= 15 is 0 Å². The predicted molar refractivity (Wildman–Crippen MR) is 70.7 cm³/mol. The summed E-state index contributed by atoms with van der Waals surface area (Å²) in [5, 5.41) is 17.9. The van der Waals surface area contributed by atoms with Crippen molar-refractivity contribution in [3.63, 3.8) is 0 Å². The van der Waals surface area contributed by atoms with Gasteiger partial charge in [-0.25, -0.2) is 4.79 Å². The first kappa shape index (κ1) is 16.5. The molecule has 0 radical (unpaired) electrons. The molecule has 0 saturated heterocycles. The number of aromatic nitrogens is 3. The number of aromatic carboxylic acids is 1. The van der Waals surface area contributed by atoms with Gasteiger partial charge < -0.3 is 5.11 Å². The number of hydrogen-bond donors (Lipinski definition) is 2. The molecule has 0 aliphatic rings. The molecular formula is C10H8F5N3O2S2. The number of rotatable bonds is 5. The third-order valence-corrected chi connectivity index (χ3v) is 4.69. The number of thioether (sulfide) groups is 1. The molecule has 1 heterocycles. The third kappa shape index (κ3) is 3.88. The fourth-order valence-electron chi connectivity index (χ4n) is 1.46. The van der Waals surface area contributed by atoms with Gasteiger partial charge in [0.1, 0.15) is 9.92 Å². The van der Waals surface area contributed by atoms with Crippen molar-refractivity contribution >= 4 is 28.0 Å². The normalized spacial score (nSPS) is 15.1. The molecule has 0 atom stereocenters. The summed E-state index contributed by atoms with van der Waals surface area (Å²) in [5.74, 6) is -1.25. The van der Waals surface area contributed by atoms with Gasteiger partial charge in [-0.2, -0.15) is 0 Å². The van der Waals surface area contributed by atoms with Gasteiger partial charge in [0.2, 0.25) is 5.69 Å². The third-order valence-electron chi connectivity index (χ3n) is 2.47. The highest BCUT2D eigenvalue weighted by Gasteiger charge is 2.65. The summed E-state index contributed by atoms with van der Waals surface area (Å²) in [6.07, 6.45) is 0. The highest BCUT2D eigenvalue weighted by Crippen LogP contribution is 3.02. The number of benzene rings is 1. The smallest absolute Gasteiger partial charge is 0.359 e. The van der Waals surface area contributed by atoms with Crippen LogP contribution in [0.3, 0.4) is 0 Å². The number of nitrogens with zero attached hydrogens (tertiary/aromatic N) is 2. The van der Waals surface area contributed by atoms with Crippen molar-refractivity contribution in [3.8, 4) is 0 Å². The van der Waals surface area contributed by atoms with Crippen LogP contribution in [0.1, 0.15) is 16.1 Å². The fraction of sp³-hybridized carbons (Fsp3) is 0.100. The Hall–Kier alpha value is -1.82. The quantitative estimate of drug-likeness (QED) is 0.607. The zero-order chi connectivity index (χ0) is 16.7. The Bertz CT molecular complexity index is 714. The molecule has 5 nitrogen and oxygen atoms in total. The molecule has 0 saturated carbocycles. The lowest BCUT2D eigenvalue weighted by molar-refractivity contribution is 0.0686. The minimum atomic E-state index is -9.67. The van der Waals surface area contributed by atoms with E-state index < -0.39 is 21.1 Å². The summed E-state index contributed by atoms with van der Waals surface area (Å²) in [7, 11) is -9.67. The zero-order valence-corrected chi connectivity index (χ0v) is 12.1. The van der Waals surface area contributed by atoms with Crippen LogP contribution in [0, 0.1) is 0 Å². The molecule has 2 N–H and O–H groups in total. The summed E-state index contributed by atoms with van der Waals surface area (Å²) >= 11 is 0.926. The number of H-pyrrole nitrogens is 1.